The lowest BCUT2D eigenvalue weighted by atomic mass is 10.1. The van der Waals surface area contributed by atoms with E-state index in [4.69, 9.17) is 14.2 Å². The molecule has 0 unspecified atom stereocenters. The minimum Gasteiger partial charge on any atom is -0.462 e. The molecule has 0 radical (unpaired) electrons. The van der Waals surface area contributed by atoms with Crippen molar-refractivity contribution in [2.75, 3.05) is 13.2 Å². The molecular formula is C61H100O6. The van der Waals surface area contributed by atoms with Crippen molar-refractivity contribution in [1.82, 2.24) is 0 Å². The van der Waals surface area contributed by atoms with Crippen molar-refractivity contribution in [2.45, 2.75) is 245 Å². The van der Waals surface area contributed by atoms with Crippen LogP contribution in [-0.2, 0) is 28.6 Å². The van der Waals surface area contributed by atoms with Crippen molar-refractivity contribution in [3.05, 3.63) is 109 Å². The first-order valence-electron chi connectivity index (χ1n) is 27.4. The van der Waals surface area contributed by atoms with Crippen molar-refractivity contribution in [2.24, 2.45) is 0 Å². The summed E-state index contributed by atoms with van der Waals surface area (Å²) in [6, 6.07) is 0. The SMILES string of the molecule is CC/C=C\C/C=C\C/C=C\C/C=C\C/C=C\CCCC(=O)OC[C@H](COC(=O)CCCC/C=C\C/C=C\C/C=C\CCCCC)OC(=O)CCCCCCCCC/C=C\CCCCCCCC. The van der Waals surface area contributed by atoms with E-state index in [9.17, 15) is 14.4 Å². The third-order valence-electron chi connectivity index (χ3n) is 11.2. The molecule has 0 aromatic heterocycles. The Morgan fingerprint density at radius 2 is 0.597 bits per heavy atom. The van der Waals surface area contributed by atoms with Gasteiger partial charge < -0.3 is 14.2 Å². The highest BCUT2D eigenvalue weighted by atomic mass is 16.6. The van der Waals surface area contributed by atoms with E-state index in [1.54, 1.807) is 0 Å². The van der Waals surface area contributed by atoms with Crippen LogP contribution in [0.5, 0.6) is 0 Å². The molecule has 6 heteroatoms. The van der Waals surface area contributed by atoms with Crippen LogP contribution in [0.3, 0.4) is 0 Å². The molecule has 0 amide bonds. The number of carbonyl (C=O) groups is 3. The lowest BCUT2D eigenvalue weighted by molar-refractivity contribution is -0.167. The van der Waals surface area contributed by atoms with Crippen LogP contribution in [0, 0.1) is 0 Å². The van der Waals surface area contributed by atoms with Crippen LogP contribution in [0.25, 0.3) is 0 Å². The first-order chi connectivity index (χ1) is 33.0. The second-order valence-corrected chi connectivity index (χ2v) is 17.7. The van der Waals surface area contributed by atoms with E-state index in [-0.39, 0.29) is 37.5 Å². The minimum atomic E-state index is -0.821. The fourth-order valence-corrected chi connectivity index (χ4v) is 7.13. The molecule has 0 saturated carbocycles. The predicted molar refractivity (Wildman–Crippen MR) is 288 cm³/mol. The van der Waals surface area contributed by atoms with Crippen molar-refractivity contribution < 1.29 is 28.6 Å². The van der Waals surface area contributed by atoms with Gasteiger partial charge in [0.25, 0.3) is 0 Å². The van der Waals surface area contributed by atoms with E-state index in [1.165, 1.54) is 103 Å². The van der Waals surface area contributed by atoms with Gasteiger partial charge in [0.1, 0.15) is 13.2 Å². The Morgan fingerprint density at radius 3 is 1.04 bits per heavy atom. The number of hydrogen-bond donors (Lipinski definition) is 0. The zero-order valence-electron chi connectivity index (χ0n) is 43.4. The van der Waals surface area contributed by atoms with Crippen LogP contribution in [-0.4, -0.2) is 37.2 Å². The molecule has 0 fully saturated rings. The second kappa shape index (κ2) is 54.7. The Kier molecular flexibility index (Phi) is 51.5. The van der Waals surface area contributed by atoms with Gasteiger partial charge in [-0.05, 0) is 122 Å². The van der Waals surface area contributed by atoms with E-state index in [2.05, 4.69) is 130 Å². The molecule has 67 heavy (non-hydrogen) atoms. The summed E-state index contributed by atoms with van der Waals surface area (Å²) < 4.78 is 16.7. The molecular weight excluding hydrogens is 829 g/mol. The van der Waals surface area contributed by atoms with Gasteiger partial charge in [-0.1, -0.05) is 207 Å². The van der Waals surface area contributed by atoms with E-state index >= 15 is 0 Å². The number of unbranched alkanes of at least 4 members (excludes halogenated alkanes) is 19. The zero-order chi connectivity index (χ0) is 48.6. The van der Waals surface area contributed by atoms with Crippen molar-refractivity contribution in [1.29, 1.82) is 0 Å². The monoisotopic (exact) mass is 929 g/mol. The fourth-order valence-electron chi connectivity index (χ4n) is 7.13. The lowest BCUT2D eigenvalue weighted by Crippen LogP contribution is -2.30. The van der Waals surface area contributed by atoms with Crippen LogP contribution in [0.15, 0.2) is 109 Å². The van der Waals surface area contributed by atoms with Crippen molar-refractivity contribution >= 4 is 17.9 Å². The second-order valence-electron chi connectivity index (χ2n) is 17.7. The minimum absolute atomic E-state index is 0.119. The van der Waals surface area contributed by atoms with Crippen LogP contribution in [0.2, 0.25) is 0 Å². The summed E-state index contributed by atoms with van der Waals surface area (Å²) in [6.07, 6.45) is 73.6. The van der Waals surface area contributed by atoms with Crippen LogP contribution in [0.1, 0.15) is 239 Å². The molecule has 0 bridgehead atoms. The average molecular weight is 929 g/mol. The normalized spacial score (nSPS) is 12.9. The smallest absolute Gasteiger partial charge is 0.306 e. The van der Waals surface area contributed by atoms with Crippen LogP contribution >= 0.6 is 0 Å². The number of allylic oxidation sites excluding steroid dienone is 18. The molecule has 0 aliphatic heterocycles. The number of hydrogen-bond acceptors (Lipinski definition) is 6. The Bertz CT molecular complexity index is 1390. The first kappa shape index (κ1) is 63.1. The van der Waals surface area contributed by atoms with E-state index in [0.717, 1.165) is 89.9 Å². The van der Waals surface area contributed by atoms with Crippen molar-refractivity contribution in [3.8, 4) is 0 Å². The maximum absolute atomic E-state index is 12.8. The summed E-state index contributed by atoms with van der Waals surface area (Å²) in [6.45, 7) is 6.40. The summed E-state index contributed by atoms with van der Waals surface area (Å²) in [4.78, 5) is 38.1. The van der Waals surface area contributed by atoms with Gasteiger partial charge in [-0.3, -0.25) is 14.4 Å². The van der Waals surface area contributed by atoms with Gasteiger partial charge >= 0.3 is 17.9 Å². The molecule has 0 heterocycles. The van der Waals surface area contributed by atoms with E-state index in [0.29, 0.717) is 19.3 Å². The average Bonchev–Trinajstić information content (AvgIpc) is 3.33. The molecule has 0 aromatic rings. The third kappa shape index (κ3) is 52.9. The Hall–Kier alpha value is -3.93. The molecule has 1 atom stereocenters. The highest BCUT2D eigenvalue weighted by molar-refractivity contribution is 5.71. The summed E-state index contributed by atoms with van der Waals surface area (Å²) in [5, 5.41) is 0. The third-order valence-corrected chi connectivity index (χ3v) is 11.2. The summed E-state index contributed by atoms with van der Waals surface area (Å²) in [5.74, 6) is -1.02. The lowest BCUT2D eigenvalue weighted by Gasteiger charge is -2.18. The molecule has 380 valence electrons. The quantitative estimate of drug-likeness (QED) is 0.0262. The maximum Gasteiger partial charge on any atom is 0.306 e. The molecule has 0 N–H and O–H groups in total. The summed E-state index contributed by atoms with van der Waals surface area (Å²) in [7, 11) is 0. The van der Waals surface area contributed by atoms with Gasteiger partial charge in [0.2, 0.25) is 0 Å². The molecule has 6 nitrogen and oxygen atoms in total. The molecule has 0 aromatic carbocycles. The number of rotatable bonds is 48. The number of ether oxygens (including phenoxy) is 3. The summed E-state index contributed by atoms with van der Waals surface area (Å²) >= 11 is 0. The number of carbonyl (C=O) groups excluding carboxylic acids is 3. The van der Waals surface area contributed by atoms with Crippen molar-refractivity contribution in [3.63, 3.8) is 0 Å². The van der Waals surface area contributed by atoms with E-state index in [1.807, 2.05) is 0 Å². The van der Waals surface area contributed by atoms with Gasteiger partial charge in [-0.2, -0.15) is 0 Å². The van der Waals surface area contributed by atoms with Gasteiger partial charge in [-0.25, -0.2) is 0 Å². The first-order valence-corrected chi connectivity index (χ1v) is 27.4. The van der Waals surface area contributed by atoms with Gasteiger partial charge in [0.05, 0.1) is 0 Å². The summed E-state index contributed by atoms with van der Waals surface area (Å²) in [5.41, 5.74) is 0. The fraction of sp³-hybridized carbons (Fsp3) is 0.656. The van der Waals surface area contributed by atoms with Gasteiger partial charge in [0.15, 0.2) is 6.10 Å². The Balaban J connectivity index is 4.55. The van der Waals surface area contributed by atoms with Crippen LogP contribution in [0.4, 0.5) is 0 Å². The highest BCUT2D eigenvalue weighted by Gasteiger charge is 2.19. The van der Waals surface area contributed by atoms with Gasteiger partial charge in [-0.15, -0.1) is 0 Å². The van der Waals surface area contributed by atoms with Gasteiger partial charge in [0, 0.05) is 19.3 Å². The zero-order valence-corrected chi connectivity index (χ0v) is 43.4. The predicted octanol–water partition coefficient (Wildman–Crippen LogP) is 18.3. The molecule has 0 aliphatic carbocycles. The Labute approximate surface area is 412 Å². The number of esters is 3. The topological polar surface area (TPSA) is 78.9 Å². The molecule has 0 spiro atoms. The standard InChI is InChI=1S/C61H100O6/c1-4-7-10-13-16-19-22-25-28-30-33-36-39-42-45-48-51-54-60(63)66-57-58(56-65-59(62)53-50-47-44-41-38-35-32-27-24-21-18-15-12-9-6-3)67-61(64)55-52-49-46-43-40-37-34-31-29-26-23-20-17-14-11-8-5-2/h7,10,16,18-19,21,25-29,32-33,36,38,41-42,45,58H,4-6,8-9,11-15,17,20,22-24,30-31,34-35,37,39-40,43-44,46-57H2,1-3H3/b10-7-,19-16-,21-18-,28-25-,29-26-,32-27-,36-33-,41-38-,45-42-/t58-/m0/s1. The van der Waals surface area contributed by atoms with E-state index < -0.39 is 6.10 Å². The molecule has 0 saturated heterocycles. The Morgan fingerprint density at radius 1 is 0.313 bits per heavy atom. The maximum atomic E-state index is 12.8. The molecule has 0 aliphatic rings. The molecule has 0 rings (SSSR count). The highest BCUT2D eigenvalue weighted by Crippen LogP contribution is 2.13. The van der Waals surface area contributed by atoms with Crippen LogP contribution < -0.4 is 0 Å². The largest absolute Gasteiger partial charge is 0.462 e.